The Labute approximate surface area is 102 Å². The molecule has 17 heavy (non-hydrogen) atoms. The van der Waals surface area contributed by atoms with E-state index in [-0.39, 0.29) is 6.04 Å². The largest absolute Gasteiger partial charge is 0.478 e. The molecule has 0 saturated carbocycles. The van der Waals surface area contributed by atoms with Crippen LogP contribution in [-0.2, 0) is 4.74 Å². The van der Waals surface area contributed by atoms with Gasteiger partial charge in [0.1, 0.15) is 12.1 Å². The molecule has 1 unspecified atom stereocenters. The van der Waals surface area contributed by atoms with Gasteiger partial charge in [0.15, 0.2) is 0 Å². The maximum atomic E-state index is 5.67. The fourth-order valence-corrected chi connectivity index (χ4v) is 1.36. The highest BCUT2D eigenvalue weighted by Gasteiger charge is 2.07. The Morgan fingerprint density at radius 3 is 2.94 bits per heavy atom. The highest BCUT2D eigenvalue weighted by molar-refractivity contribution is 5.38. The Balaban J connectivity index is 2.55. The summed E-state index contributed by atoms with van der Waals surface area (Å²) in [5.74, 6) is 1.28. The maximum Gasteiger partial charge on any atom is 0.218 e. The molecular weight excluding hydrogens is 220 g/mol. The first-order chi connectivity index (χ1) is 8.30. The zero-order valence-electron chi connectivity index (χ0n) is 10.3. The van der Waals surface area contributed by atoms with E-state index in [1.807, 2.05) is 6.92 Å². The first kappa shape index (κ1) is 13.7. The summed E-state index contributed by atoms with van der Waals surface area (Å²) in [6.07, 6.45) is 2.30. The summed E-state index contributed by atoms with van der Waals surface area (Å²) < 4.78 is 10.3. The number of nitrogens with two attached hydrogens (primary N) is 1. The van der Waals surface area contributed by atoms with Crippen LogP contribution in [0.15, 0.2) is 12.4 Å². The molecule has 0 amide bonds. The number of anilines is 1. The van der Waals surface area contributed by atoms with Crippen LogP contribution in [0, 0.1) is 0 Å². The molecule has 1 heterocycles. The minimum Gasteiger partial charge on any atom is -0.478 e. The molecular formula is C11H20N4O2. The van der Waals surface area contributed by atoms with Gasteiger partial charge < -0.3 is 20.5 Å². The number of aromatic nitrogens is 2. The number of methoxy groups -OCH3 is 1. The lowest BCUT2D eigenvalue weighted by atomic mass is 10.2. The first-order valence-electron chi connectivity index (χ1n) is 5.70. The second-order valence-corrected chi connectivity index (χ2v) is 3.53. The first-order valence-corrected chi connectivity index (χ1v) is 5.70. The molecule has 96 valence electrons. The fourth-order valence-electron chi connectivity index (χ4n) is 1.36. The molecule has 1 atom stereocenters. The summed E-state index contributed by atoms with van der Waals surface area (Å²) in [6.45, 7) is 3.69. The van der Waals surface area contributed by atoms with Gasteiger partial charge in [0.05, 0.1) is 6.61 Å². The second-order valence-electron chi connectivity index (χ2n) is 3.53. The van der Waals surface area contributed by atoms with E-state index in [0.29, 0.717) is 25.6 Å². The number of hydrogen-bond donors (Lipinski definition) is 2. The Hall–Kier alpha value is -1.40. The monoisotopic (exact) mass is 240 g/mol. The quantitative estimate of drug-likeness (QED) is 0.694. The maximum absolute atomic E-state index is 5.67. The third-order valence-electron chi connectivity index (χ3n) is 2.24. The normalized spacial score (nSPS) is 12.2. The predicted molar refractivity (Wildman–Crippen MR) is 66.2 cm³/mol. The van der Waals surface area contributed by atoms with Gasteiger partial charge in [0, 0.05) is 32.4 Å². The molecule has 0 aromatic carbocycles. The number of nitrogens with zero attached hydrogens (tertiary/aromatic N) is 2. The molecule has 1 aromatic heterocycles. The van der Waals surface area contributed by atoms with Crippen LogP contribution < -0.4 is 15.8 Å². The minimum absolute atomic E-state index is 0.138. The summed E-state index contributed by atoms with van der Waals surface area (Å²) >= 11 is 0. The molecule has 3 N–H and O–H groups in total. The Morgan fingerprint density at radius 2 is 2.29 bits per heavy atom. The summed E-state index contributed by atoms with van der Waals surface area (Å²) in [5, 5.41) is 3.23. The van der Waals surface area contributed by atoms with Crippen molar-refractivity contribution in [1.82, 2.24) is 9.97 Å². The Bertz CT molecular complexity index is 322. The summed E-state index contributed by atoms with van der Waals surface area (Å²) in [4.78, 5) is 8.11. The average Bonchev–Trinajstić information content (AvgIpc) is 2.35. The van der Waals surface area contributed by atoms with Crippen molar-refractivity contribution < 1.29 is 9.47 Å². The zero-order valence-corrected chi connectivity index (χ0v) is 10.3. The highest BCUT2D eigenvalue weighted by Crippen LogP contribution is 2.12. The van der Waals surface area contributed by atoms with Gasteiger partial charge >= 0.3 is 0 Å². The highest BCUT2D eigenvalue weighted by atomic mass is 16.5. The van der Waals surface area contributed by atoms with Gasteiger partial charge in [0.2, 0.25) is 5.88 Å². The fraction of sp³-hybridized carbons (Fsp3) is 0.636. The Kier molecular flexibility index (Phi) is 6.27. The van der Waals surface area contributed by atoms with Crippen LogP contribution in [0.25, 0.3) is 0 Å². The van der Waals surface area contributed by atoms with Gasteiger partial charge in [-0.25, -0.2) is 9.97 Å². The van der Waals surface area contributed by atoms with Crippen LogP contribution in [0.3, 0.4) is 0 Å². The van der Waals surface area contributed by atoms with Crippen LogP contribution in [0.4, 0.5) is 5.82 Å². The van der Waals surface area contributed by atoms with Crippen molar-refractivity contribution in [1.29, 1.82) is 0 Å². The van der Waals surface area contributed by atoms with Gasteiger partial charge in [-0.1, -0.05) is 0 Å². The average molecular weight is 240 g/mol. The molecule has 0 fully saturated rings. The van der Waals surface area contributed by atoms with E-state index in [4.69, 9.17) is 15.2 Å². The second kappa shape index (κ2) is 7.81. The molecule has 0 aliphatic rings. The summed E-state index contributed by atoms with van der Waals surface area (Å²) in [6, 6.07) is 1.90. The topological polar surface area (TPSA) is 82.3 Å². The molecule has 0 radical (unpaired) electrons. The number of nitrogens with one attached hydrogen (secondary N) is 1. The van der Waals surface area contributed by atoms with Crippen molar-refractivity contribution >= 4 is 5.82 Å². The van der Waals surface area contributed by atoms with Crippen molar-refractivity contribution in [2.45, 2.75) is 19.4 Å². The van der Waals surface area contributed by atoms with Crippen LogP contribution >= 0.6 is 0 Å². The summed E-state index contributed by atoms with van der Waals surface area (Å²) in [5.41, 5.74) is 5.67. The summed E-state index contributed by atoms with van der Waals surface area (Å²) in [7, 11) is 1.67. The van der Waals surface area contributed by atoms with Crippen LogP contribution in [0.1, 0.15) is 13.3 Å². The van der Waals surface area contributed by atoms with Gasteiger partial charge in [-0.05, 0) is 13.3 Å². The lowest BCUT2D eigenvalue weighted by molar-refractivity contribution is 0.190. The number of hydrogen-bond acceptors (Lipinski definition) is 6. The molecule has 1 rings (SSSR count). The predicted octanol–water partition coefficient (Wildman–Crippen LogP) is 0.651. The minimum atomic E-state index is 0.138. The SMILES string of the molecule is CCOc1cc(NC(CN)CCOC)ncn1. The molecule has 0 aliphatic carbocycles. The van der Waals surface area contributed by atoms with Crippen molar-refractivity contribution in [3.8, 4) is 5.88 Å². The van der Waals surface area contributed by atoms with Crippen LogP contribution in [0.5, 0.6) is 5.88 Å². The third kappa shape index (κ3) is 4.97. The molecule has 0 saturated heterocycles. The van der Waals surface area contributed by atoms with Gasteiger partial charge in [0.25, 0.3) is 0 Å². The van der Waals surface area contributed by atoms with E-state index in [0.717, 1.165) is 12.2 Å². The molecule has 6 nitrogen and oxygen atoms in total. The lowest BCUT2D eigenvalue weighted by Gasteiger charge is -2.17. The van der Waals surface area contributed by atoms with Crippen molar-refractivity contribution in [3.05, 3.63) is 12.4 Å². The molecule has 1 aromatic rings. The van der Waals surface area contributed by atoms with Crippen LogP contribution in [-0.4, -0.2) is 42.9 Å². The smallest absolute Gasteiger partial charge is 0.218 e. The molecule has 6 heteroatoms. The lowest BCUT2D eigenvalue weighted by Crippen LogP contribution is -2.30. The van der Waals surface area contributed by atoms with E-state index in [1.54, 1.807) is 13.2 Å². The van der Waals surface area contributed by atoms with Crippen molar-refractivity contribution in [2.24, 2.45) is 5.73 Å². The van der Waals surface area contributed by atoms with E-state index in [2.05, 4.69) is 15.3 Å². The van der Waals surface area contributed by atoms with E-state index >= 15 is 0 Å². The number of rotatable bonds is 8. The molecule has 0 aliphatic heterocycles. The van der Waals surface area contributed by atoms with Gasteiger partial charge in [-0.15, -0.1) is 0 Å². The standard InChI is InChI=1S/C11H20N4O2/c1-3-17-11-6-10(13-8-14-11)15-9(7-12)4-5-16-2/h6,8-9H,3-5,7,12H2,1-2H3,(H,13,14,15). The molecule has 0 bridgehead atoms. The van der Waals surface area contributed by atoms with Crippen molar-refractivity contribution in [3.63, 3.8) is 0 Å². The molecule has 0 spiro atoms. The Morgan fingerprint density at radius 1 is 1.47 bits per heavy atom. The van der Waals surface area contributed by atoms with E-state index in [9.17, 15) is 0 Å². The number of ether oxygens (including phenoxy) is 2. The third-order valence-corrected chi connectivity index (χ3v) is 2.24. The van der Waals surface area contributed by atoms with Gasteiger partial charge in [-0.2, -0.15) is 0 Å². The van der Waals surface area contributed by atoms with Crippen molar-refractivity contribution in [2.75, 3.05) is 32.2 Å². The van der Waals surface area contributed by atoms with E-state index < -0.39 is 0 Å². The van der Waals surface area contributed by atoms with E-state index in [1.165, 1.54) is 6.33 Å². The van der Waals surface area contributed by atoms with Crippen LogP contribution in [0.2, 0.25) is 0 Å². The zero-order chi connectivity index (χ0) is 12.5. The van der Waals surface area contributed by atoms with Gasteiger partial charge in [-0.3, -0.25) is 0 Å².